The zero-order valence-corrected chi connectivity index (χ0v) is 19.7. The smallest absolute Gasteiger partial charge is 0.321 e. The van der Waals surface area contributed by atoms with Crippen molar-refractivity contribution in [3.8, 4) is 0 Å². The normalized spacial score (nSPS) is 11.0. The lowest BCUT2D eigenvalue weighted by Crippen LogP contribution is -2.43. The van der Waals surface area contributed by atoms with Crippen molar-refractivity contribution in [1.82, 2.24) is 30.6 Å². The van der Waals surface area contributed by atoms with Crippen molar-refractivity contribution >= 4 is 24.0 Å². The van der Waals surface area contributed by atoms with Crippen LogP contribution in [0.15, 0.2) is 21.7 Å². The zero-order chi connectivity index (χ0) is 24.7. The Morgan fingerprint density at radius 3 is 1.28 bits per heavy atom. The third kappa shape index (κ3) is 11.5. The SMILES string of the molecule is Cc1cc(=O)[nH]c(NC(=O)NC(C)(C)C)n1.Cc1cc(=O)[nH]c(NC(=O)NC(C)(C)C)n1. The molecule has 0 saturated heterocycles. The van der Waals surface area contributed by atoms with E-state index in [4.69, 9.17) is 0 Å². The van der Waals surface area contributed by atoms with Gasteiger partial charge in [0.25, 0.3) is 11.1 Å². The lowest BCUT2D eigenvalue weighted by atomic mass is 10.1. The standard InChI is InChI=1S/2C10H16N4O2/c2*1-6-5-7(15)12-8(11-6)13-9(16)14-10(2,3)4/h2*5H,1-4H3,(H3,11,12,13,14,15,16). The molecule has 4 amide bonds. The van der Waals surface area contributed by atoms with Crippen molar-refractivity contribution in [2.75, 3.05) is 10.6 Å². The number of anilines is 2. The minimum Gasteiger partial charge on any atom is -0.333 e. The van der Waals surface area contributed by atoms with Crippen molar-refractivity contribution in [1.29, 1.82) is 0 Å². The van der Waals surface area contributed by atoms with E-state index >= 15 is 0 Å². The third-order valence-electron chi connectivity index (χ3n) is 3.18. The molecule has 0 fully saturated rings. The molecule has 32 heavy (non-hydrogen) atoms. The van der Waals surface area contributed by atoms with Gasteiger partial charge in [-0.3, -0.25) is 30.2 Å². The van der Waals surface area contributed by atoms with Crippen molar-refractivity contribution in [2.45, 2.75) is 66.5 Å². The summed E-state index contributed by atoms with van der Waals surface area (Å²) in [7, 11) is 0. The average molecular weight is 449 g/mol. The quantitative estimate of drug-likeness (QED) is 0.410. The summed E-state index contributed by atoms with van der Waals surface area (Å²) in [5, 5.41) is 10.3. The summed E-state index contributed by atoms with van der Waals surface area (Å²) in [6.07, 6.45) is 0. The maximum atomic E-state index is 11.5. The molecule has 0 aliphatic rings. The van der Waals surface area contributed by atoms with Crippen LogP contribution in [-0.2, 0) is 0 Å². The molecule has 0 unspecified atom stereocenters. The van der Waals surface area contributed by atoms with E-state index in [1.165, 1.54) is 12.1 Å². The molecular formula is C20H32N8O4. The molecule has 0 radical (unpaired) electrons. The topological polar surface area (TPSA) is 174 Å². The summed E-state index contributed by atoms with van der Waals surface area (Å²) in [4.78, 5) is 58.0. The van der Waals surface area contributed by atoms with Crippen molar-refractivity contribution in [2.24, 2.45) is 0 Å². The molecule has 0 atom stereocenters. The Balaban J connectivity index is 0.000000320. The van der Waals surface area contributed by atoms with Gasteiger partial charge in [0, 0.05) is 34.6 Å². The number of H-pyrrole nitrogens is 2. The predicted octanol–water partition coefficient (Wildman–Crippen LogP) is 2.00. The first-order chi connectivity index (χ1) is 14.5. The number of hydrogen-bond donors (Lipinski definition) is 6. The molecule has 2 heterocycles. The number of amides is 4. The maximum absolute atomic E-state index is 11.5. The van der Waals surface area contributed by atoms with Crippen LogP contribution in [-0.4, -0.2) is 43.1 Å². The summed E-state index contributed by atoms with van der Waals surface area (Å²) in [6, 6.07) is 1.90. The Morgan fingerprint density at radius 1 is 0.719 bits per heavy atom. The highest BCUT2D eigenvalue weighted by atomic mass is 16.2. The van der Waals surface area contributed by atoms with E-state index in [2.05, 4.69) is 41.2 Å². The molecule has 0 bridgehead atoms. The Morgan fingerprint density at radius 2 is 1.03 bits per heavy atom. The number of nitrogens with one attached hydrogen (secondary N) is 6. The van der Waals surface area contributed by atoms with E-state index in [1.807, 2.05) is 41.5 Å². The van der Waals surface area contributed by atoms with E-state index in [-0.39, 0.29) is 34.1 Å². The lowest BCUT2D eigenvalue weighted by molar-refractivity contribution is 0.242. The van der Waals surface area contributed by atoms with Gasteiger partial charge in [0.1, 0.15) is 0 Å². The van der Waals surface area contributed by atoms with Crippen LogP contribution in [0.3, 0.4) is 0 Å². The molecule has 0 saturated carbocycles. The van der Waals surface area contributed by atoms with Gasteiger partial charge in [-0.25, -0.2) is 19.6 Å². The molecular weight excluding hydrogens is 416 g/mol. The Hall–Kier alpha value is -3.70. The maximum Gasteiger partial charge on any atom is 0.321 e. The Kier molecular flexibility index (Phi) is 8.69. The first kappa shape index (κ1) is 26.3. The Labute approximate surface area is 186 Å². The molecule has 0 aliphatic heterocycles. The van der Waals surface area contributed by atoms with Gasteiger partial charge in [-0.05, 0) is 55.4 Å². The minimum atomic E-state index is -0.402. The Bertz CT molecular complexity index is 975. The summed E-state index contributed by atoms with van der Waals surface area (Å²) in [6.45, 7) is 14.5. The minimum absolute atomic E-state index is 0.145. The fraction of sp³-hybridized carbons (Fsp3) is 0.500. The molecule has 0 aliphatic carbocycles. The fourth-order valence-corrected chi connectivity index (χ4v) is 2.24. The summed E-state index contributed by atoms with van der Waals surface area (Å²) < 4.78 is 0. The third-order valence-corrected chi connectivity index (χ3v) is 3.18. The van der Waals surface area contributed by atoms with Gasteiger partial charge in [-0.2, -0.15) is 0 Å². The monoisotopic (exact) mass is 448 g/mol. The van der Waals surface area contributed by atoms with Gasteiger partial charge >= 0.3 is 12.1 Å². The first-order valence-electron chi connectivity index (χ1n) is 9.87. The fourth-order valence-electron chi connectivity index (χ4n) is 2.24. The van der Waals surface area contributed by atoms with Gasteiger partial charge in [-0.15, -0.1) is 0 Å². The van der Waals surface area contributed by atoms with E-state index < -0.39 is 12.1 Å². The van der Waals surface area contributed by atoms with Gasteiger partial charge in [0.2, 0.25) is 11.9 Å². The first-order valence-corrected chi connectivity index (χ1v) is 9.87. The average Bonchev–Trinajstić information content (AvgIpc) is 2.48. The predicted molar refractivity (Wildman–Crippen MR) is 123 cm³/mol. The molecule has 6 N–H and O–H groups in total. The number of aromatic amines is 2. The highest BCUT2D eigenvalue weighted by Crippen LogP contribution is 2.01. The zero-order valence-electron chi connectivity index (χ0n) is 19.7. The van der Waals surface area contributed by atoms with Crippen LogP contribution in [0, 0.1) is 13.8 Å². The molecule has 12 nitrogen and oxygen atoms in total. The van der Waals surface area contributed by atoms with Gasteiger partial charge in [0.05, 0.1) is 0 Å². The highest BCUT2D eigenvalue weighted by Gasteiger charge is 2.15. The second-order valence-electron chi connectivity index (χ2n) is 9.13. The van der Waals surface area contributed by atoms with Gasteiger partial charge < -0.3 is 10.6 Å². The van der Waals surface area contributed by atoms with Crippen LogP contribution < -0.4 is 32.4 Å². The molecule has 2 rings (SSSR count). The molecule has 2 aromatic rings. The second kappa shape index (κ2) is 10.6. The number of urea groups is 2. The van der Waals surface area contributed by atoms with Crippen molar-refractivity contribution in [3.05, 3.63) is 44.2 Å². The largest absolute Gasteiger partial charge is 0.333 e. The van der Waals surface area contributed by atoms with E-state index in [9.17, 15) is 19.2 Å². The molecule has 2 aromatic heterocycles. The number of carbonyl (C=O) groups excluding carboxylic acids is 2. The van der Waals surface area contributed by atoms with Crippen LogP contribution in [0.4, 0.5) is 21.5 Å². The van der Waals surface area contributed by atoms with Crippen molar-refractivity contribution in [3.63, 3.8) is 0 Å². The molecule has 176 valence electrons. The molecule has 12 heteroatoms. The lowest BCUT2D eigenvalue weighted by Gasteiger charge is -2.20. The van der Waals surface area contributed by atoms with Crippen molar-refractivity contribution < 1.29 is 9.59 Å². The number of nitrogens with zero attached hydrogens (tertiary/aromatic N) is 2. The summed E-state index contributed by atoms with van der Waals surface area (Å²) in [5.74, 6) is 0.290. The number of hydrogen-bond acceptors (Lipinski definition) is 6. The van der Waals surface area contributed by atoms with Crippen LogP contribution in [0.2, 0.25) is 0 Å². The second-order valence-corrected chi connectivity index (χ2v) is 9.13. The van der Waals surface area contributed by atoms with Crippen LogP contribution in [0.5, 0.6) is 0 Å². The molecule has 0 aromatic carbocycles. The number of rotatable bonds is 2. The van der Waals surface area contributed by atoms with Gasteiger partial charge in [0.15, 0.2) is 0 Å². The van der Waals surface area contributed by atoms with Gasteiger partial charge in [-0.1, -0.05) is 0 Å². The molecule has 0 spiro atoms. The van der Waals surface area contributed by atoms with Crippen LogP contribution >= 0.6 is 0 Å². The highest BCUT2D eigenvalue weighted by molar-refractivity contribution is 5.88. The summed E-state index contributed by atoms with van der Waals surface area (Å²) in [5.41, 5.74) is -0.163. The number of aromatic nitrogens is 4. The number of carbonyl (C=O) groups is 2. The summed E-state index contributed by atoms with van der Waals surface area (Å²) >= 11 is 0. The number of aryl methyl sites for hydroxylation is 2. The van der Waals surface area contributed by atoms with E-state index in [0.29, 0.717) is 11.4 Å². The van der Waals surface area contributed by atoms with E-state index in [1.54, 1.807) is 13.8 Å². The van der Waals surface area contributed by atoms with Crippen LogP contribution in [0.1, 0.15) is 52.9 Å². The van der Waals surface area contributed by atoms with Crippen LogP contribution in [0.25, 0.3) is 0 Å². The van der Waals surface area contributed by atoms with E-state index in [0.717, 1.165) is 0 Å².